The highest BCUT2D eigenvalue weighted by atomic mass is 79.9. The lowest BCUT2D eigenvalue weighted by Gasteiger charge is -2.32. The molecular weight excluding hydrogens is 386 g/mol. The fraction of sp³-hybridized carbons (Fsp3) is 0.455. The summed E-state index contributed by atoms with van der Waals surface area (Å²) < 4.78 is 33.3. The Morgan fingerprint density at radius 1 is 1.39 bits per heavy atom. The van der Waals surface area contributed by atoms with Gasteiger partial charge in [-0.3, -0.25) is 0 Å². The van der Waals surface area contributed by atoms with E-state index in [-0.39, 0.29) is 6.04 Å². The van der Waals surface area contributed by atoms with Crippen molar-refractivity contribution in [2.45, 2.75) is 17.9 Å². The molecule has 0 saturated carbocycles. The van der Waals surface area contributed by atoms with E-state index in [4.69, 9.17) is 4.74 Å². The summed E-state index contributed by atoms with van der Waals surface area (Å²) in [4.78, 5) is 0.291. The maximum atomic E-state index is 12.6. The standard InChI is InChI=1S/C11H13Br2NO3S/c1-8-7-17-5-4-14(8)18(15,16)11-3-2-9(12)6-10(11)13/h2-3,6,8H,4-5,7H2,1H3. The summed E-state index contributed by atoms with van der Waals surface area (Å²) in [6.07, 6.45) is 0. The van der Waals surface area contributed by atoms with Gasteiger partial charge >= 0.3 is 0 Å². The molecule has 1 aromatic carbocycles. The third-order valence-electron chi connectivity index (χ3n) is 2.79. The molecule has 0 bridgehead atoms. The molecule has 2 rings (SSSR count). The summed E-state index contributed by atoms with van der Waals surface area (Å²) >= 11 is 6.61. The van der Waals surface area contributed by atoms with Gasteiger partial charge in [0, 0.05) is 21.5 Å². The van der Waals surface area contributed by atoms with E-state index in [2.05, 4.69) is 31.9 Å². The monoisotopic (exact) mass is 397 g/mol. The highest BCUT2D eigenvalue weighted by molar-refractivity contribution is 9.11. The summed E-state index contributed by atoms with van der Waals surface area (Å²) in [6.45, 7) is 3.13. The molecule has 1 unspecified atom stereocenters. The van der Waals surface area contributed by atoms with E-state index in [0.29, 0.717) is 29.1 Å². The lowest BCUT2D eigenvalue weighted by molar-refractivity contribution is 0.0392. The van der Waals surface area contributed by atoms with Crippen molar-refractivity contribution in [2.24, 2.45) is 0 Å². The van der Waals surface area contributed by atoms with Gasteiger partial charge in [-0.05, 0) is 41.1 Å². The Labute approximate surface area is 124 Å². The van der Waals surface area contributed by atoms with E-state index < -0.39 is 10.0 Å². The molecule has 18 heavy (non-hydrogen) atoms. The molecule has 0 spiro atoms. The van der Waals surface area contributed by atoms with E-state index in [1.54, 1.807) is 18.2 Å². The van der Waals surface area contributed by atoms with Crippen LogP contribution in [0.4, 0.5) is 0 Å². The zero-order valence-corrected chi connectivity index (χ0v) is 13.8. The van der Waals surface area contributed by atoms with Crippen LogP contribution in [0.3, 0.4) is 0 Å². The number of hydrogen-bond donors (Lipinski definition) is 0. The third-order valence-corrected chi connectivity index (χ3v) is 6.27. The Morgan fingerprint density at radius 2 is 2.11 bits per heavy atom. The SMILES string of the molecule is CC1COCCN1S(=O)(=O)c1ccc(Br)cc1Br. The average molecular weight is 399 g/mol. The second-order valence-electron chi connectivity index (χ2n) is 4.11. The molecule has 0 amide bonds. The highest BCUT2D eigenvalue weighted by Crippen LogP contribution is 2.29. The van der Waals surface area contributed by atoms with Gasteiger partial charge < -0.3 is 4.74 Å². The summed E-state index contributed by atoms with van der Waals surface area (Å²) in [5.41, 5.74) is 0. The zero-order chi connectivity index (χ0) is 13.3. The molecule has 1 aromatic rings. The lowest BCUT2D eigenvalue weighted by atomic mass is 10.3. The largest absolute Gasteiger partial charge is 0.378 e. The first-order chi connectivity index (χ1) is 8.43. The topological polar surface area (TPSA) is 46.6 Å². The summed E-state index contributed by atoms with van der Waals surface area (Å²) in [5.74, 6) is 0. The first kappa shape index (κ1) is 14.5. The van der Waals surface area contributed by atoms with Crippen molar-refractivity contribution >= 4 is 41.9 Å². The van der Waals surface area contributed by atoms with Crippen LogP contribution in [-0.4, -0.2) is 38.5 Å². The quantitative estimate of drug-likeness (QED) is 0.769. The van der Waals surface area contributed by atoms with Crippen molar-refractivity contribution in [1.82, 2.24) is 4.31 Å². The van der Waals surface area contributed by atoms with Gasteiger partial charge in [0.1, 0.15) is 0 Å². The van der Waals surface area contributed by atoms with Gasteiger partial charge in [-0.15, -0.1) is 0 Å². The van der Waals surface area contributed by atoms with Crippen LogP contribution >= 0.6 is 31.9 Å². The number of benzene rings is 1. The number of ether oxygens (including phenoxy) is 1. The molecule has 1 heterocycles. The number of nitrogens with zero attached hydrogens (tertiary/aromatic N) is 1. The van der Waals surface area contributed by atoms with Crippen LogP contribution in [0.15, 0.2) is 32.0 Å². The second-order valence-corrected chi connectivity index (χ2v) is 7.74. The summed E-state index contributed by atoms with van der Waals surface area (Å²) in [6, 6.07) is 4.92. The molecule has 0 N–H and O–H groups in total. The van der Waals surface area contributed by atoms with Crippen molar-refractivity contribution in [1.29, 1.82) is 0 Å². The average Bonchev–Trinajstić information content (AvgIpc) is 2.28. The van der Waals surface area contributed by atoms with Gasteiger partial charge in [-0.1, -0.05) is 15.9 Å². The van der Waals surface area contributed by atoms with Crippen LogP contribution in [0.2, 0.25) is 0 Å². The van der Waals surface area contributed by atoms with E-state index in [1.807, 2.05) is 6.92 Å². The van der Waals surface area contributed by atoms with Crippen LogP contribution in [0.1, 0.15) is 6.92 Å². The molecule has 0 radical (unpaired) electrons. The van der Waals surface area contributed by atoms with Gasteiger partial charge in [-0.25, -0.2) is 8.42 Å². The Morgan fingerprint density at radius 3 is 2.72 bits per heavy atom. The van der Waals surface area contributed by atoms with Crippen LogP contribution in [0.5, 0.6) is 0 Å². The van der Waals surface area contributed by atoms with Crippen molar-refractivity contribution in [3.05, 3.63) is 27.1 Å². The Bertz CT molecular complexity index is 547. The van der Waals surface area contributed by atoms with Gasteiger partial charge in [-0.2, -0.15) is 4.31 Å². The maximum absolute atomic E-state index is 12.6. The number of sulfonamides is 1. The fourth-order valence-electron chi connectivity index (χ4n) is 1.88. The van der Waals surface area contributed by atoms with Gasteiger partial charge in [0.05, 0.1) is 18.1 Å². The number of morpholine rings is 1. The predicted octanol–water partition coefficient (Wildman–Crippen LogP) is 2.62. The Hall–Kier alpha value is 0.0500. The van der Waals surface area contributed by atoms with E-state index >= 15 is 0 Å². The molecule has 4 nitrogen and oxygen atoms in total. The minimum absolute atomic E-state index is 0.140. The smallest absolute Gasteiger partial charge is 0.244 e. The molecule has 7 heteroatoms. The zero-order valence-electron chi connectivity index (χ0n) is 9.77. The lowest BCUT2D eigenvalue weighted by Crippen LogP contribution is -2.47. The van der Waals surface area contributed by atoms with Crippen molar-refractivity contribution in [3.8, 4) is 0 Å². The third kappa shape index (κ3) is 2.80. The van der Waals surface area contributed by atoms with Crippen LogP contribution in [0, 0.1) is 0 Å². The van der Waals surface area contributed by atoms with Crippen molar-refractivity contribution < 1.29 is 13.2 Å². The fourth-order valence-corrected chi connectivity index (χ4v) is 5.19. The van der Waals surface area contributed by atoms with Crippen LogP contribution in [0.25, 0.3) is 0 Å². The highest BCUT2D eigenvalue weighted by Gasteiger charge is 2.32. The van der Waals surface area contributed by atoms with E-state index in [1.165, 1.54) is 4.31 Å². The normalized spacial score (nSPS) is 22.1. The second kappa shape index (κ2) is 5.58. The summed E-state index contributed by atoms with van der Waals surface area (Å²) in [7, 11) is -3.47. The number of hydrogen-bond acceptors (Lipinski definition) is 3. The molecule has 1 atom stereocenters. The van der Waals surface area contributed by atoms with Crippen molar-refractivity contribution in [3.63, 3.8) is 0 Å². The Kier molecular flexibility index (Phi) is 4.48. The summed E-state index contributed by atoms with van der Waals surface area (Å²) in [5, 5.41) is 0. The van der Waals surface area contributed by atoms with Crippen LogP contribution in [-0.2, 0) is 14.8 Å². The van der Waals surface area contributed by atoms with Crippen LogP contribution < -0.4 is 0 Å². The minimum atomic E-state index is -3.47. The Balaban J connectivity index is 2.41. The molecular formula is C11H13Br2NO3S. The first-order valence-corrected chi connectivity index (χ1v) is 8.50. The molecule has 1 aliphatic rings. The predicted molar refractivity (Wildman–Crippen MR) is 76.0 cm³/mol. The number of rotatable bonds is 2. The number of halogens is 2. The maximum Gasteiger partial charge on any atom is 0.244 e. The molecule has 1 fully saturated rings. The molecule has 0 aliphatic carbocycles. The van der Waals surface area contributed by atoms with Gasteiger partial charge in [0.25, 0.3) is 0 Å². The van der Waals surface area contributed by atoms with E-state index in [0.717, 1.165) is 4.47 Å². The molecule has 0 aromatic heterocycles. The van der Waals surface area contributed by atoms with Crippen molar-refractivity contribution in [2.75, 3.05) is 19.8 Å². The van der Waals surface area contributed by atoms with Gasteiger partial charge in [0.2, 0.25) is 10.0 Å². The minimum Gasteiger partial charge on any atom is -0.378 e. The first-order valence-electron chi connectivity index (χ1n) is 5.47. The molecule has 1 aliphatic heterocycles. The van der Waals surface area contributed by atoms with Gasteiger partial charge in [0.15, 0.2) is 0 Å². The molecule has 100 valence electrons. The van der Waals surface area contributed by atoms with E-state index in [9.17, 15) is 8.42 Å². The molecule has 1 saturated heterocycles.